The number of hydrogen-bond donors (Lipinski definition) is 0. The largest absolute Gasteiger partial charge is 0.369 e. The van der Waals surface area contributed by atoms with E-state index in [4.69, 9.17) is 4.52 Å². The van der Waals surface area contributed by atoms with Crippen LogP contribution in [0.1, 0.15) is 28.7 Å². The van der Waals surface area contributed by atoms with E-state index >= 15 is 0 Å². The van der Waals surface area contributed by atoms with E-state index in [-0.39, 0.29) is 5.78 Å². The van der Waals surface area contributed by atoms with Crippen molar-refractivity contribution in [2.75, 3.05) is 31.1 Å². The van der Waals surface area contributed by atoms with Crippen LogP contribution in [-0.4, -0.2) is 47.0 Å². The van der Waals surface area contributed by atoms with Gasteiger partial charge in [-0.05, 0) is 43.7 Å². The Morgan fingerprint density at radius 1 is 1.04 bits per heavy atom. The molecule has 0 aliphatic carbocycles. The van der Waals surface area contributed by atoms with E-state index in [1.807, 2.05) is 55.5 Å². The van der Waals surface area contributed by atoms with Crippen LogP contribution in [0.3, 0.4) is 0 Å². The number of aryl methyl sites for hydroxylation is 1. The second-order valence-corrected chi connectivity index (χ2v) is 7.19. The van der Waals surface area contributed by atoms with Gasteiger partial charge >= 0.3 is 0 Å². The van der Waals surface area contributed by atoms with Crippen molar-refractivity contribution in [3.63, 3.8) is 0 Å². The third-order valence-corrected chi connectivity index (χ3v) is 5.22. The van der Waals surface area contributed by atoms with Gasteiger partial charge in [0.2, 0.25) is 11.7 Å². The van der Waals surface area contributed by atoms with Gasteiger partial charge in [-0.1, -0.05) is 29.4 Å². The molecule has 3 aromatic rings. The molecule has 0 saturated carbocycles. The first-order valence-corrected chi connectivity index (χ1v) is 9.57. The molecule has 2 heterocycles. The van der Waals surface area contributed by atoms with Gasteiger partial charge in [-0.2, -0.15) is 4.98 Å². The molecule has 1 saturated heterocycles. The van der Waals surface area contributed by atoms with Crippen molar-refractivity contribution in [2.45, 2.75) is 20.4 Å². The number of carbonyl (C=O) groups excluding carboxylic acids is 1. The Labute approximate surface area is 164 Å². The Morgan fingerprint density at radius 2 is 1.75 bits per heavy atom. The van der Waals surface area contributed by atoms with Gasteiger partial charge in [0, 0.05) is 43.0 Å². The summed E-state index contributed by atoms with van der Waals surface area (Å²) in [4.78, 5) is 20.7. The molecule has 1 fully saturated rings. The van der Waals surface area contributed by atoms with Gasteiger partial charge in [-0.3, -0.25) is 9.69 Å². The third kappa shape index (κ3) is 3.97. The number of nitrogens with zero attached hydrogens (tertiary/aromatic N) is 4. The fourth-order valence-corrected chi connectivity index (χ4v) is 3.51. The Morgan fingerprint density at radius 3 is 2.43 bits per heavy atom. The average molecular weight is 376 g/mol. The summed E-state index contributed by atoms with van der Waals surface area (Å²) in [5, 5.41) is 4.15. The molecule has 0 spiro atoms. The second kappa shape index (κ2) is 7.94. The number of Topliss-reactive ketones (excluding diaryl/α,β-unsaturated/α-hetero) is 1. The fourth-order valence-electron chi connectivity index (χ4n) is 3.51. The number of rotatable bonds is 5. The molecule has 0 radical (unpaired) electrons. The maximum absolute atomic E-state index is 11.4. The molecule has 0 unspecified atom stereocenters. The first kappa shape index (κ1) is 18.4. The van der Waals surface area contributed by atoms with Crippen molar-refractivity contribution in [3.05, 3.63) is 65.5 Å². The number of anilines is 1. The minimum Gasteiger partial charge on any atom is -0.369 e. The average Bonchev–Trinajstić information content (AvgIpc) is 3.17. The summed E-state index contributed by atoms with van der Waals surface area (Å²) in [6.07, 6.45) is 0. The molecule has 0 atom stereocenters. The minimum atomic E-state index is 0.0981. The first-order chi connectivity index (χ1) is 13.6. The van der Waals surface area contributed by atoms with Gasteiger partial charge in [-0.25, -0.2) is 0 Å². The van der Waals surface area contributed by atoms with Gasteiger partial charge in [-0.15, -0.1) is 0 Å². The number of carbonyl (C=O) groups is 1. The number of ketones is 1. The van der Waals surface area contributed by atoms with E-state index in [1.165, 1.54) is 0 Å². The lowest BCUT2D eigenvalue weighted by Gasteiger charge is -2.35. The summed E-state index contributed by atoms with van der Waals surface area (Å²) >= 11 is 0. The quantitative estimate of drug-likeness (QED) is 0.635. The predicted octanol–water partition coefficient (Wildman–Crippen LogP) is 3.57. The summed E-state index contributed by atoms with van der Waals surface area (Å²) in [5.41, 5.74) is 4.06. The normalized spacial score (nSPS) is 15.0. The summed E-state index contributed by atoms with van der Waals surface area (Å²) in [6.45, 7) is 8.02. The van der Waals surface area contributed by atoms with Crippen molar-refractivity contribution < 1.29 is 9.32 Å². The van der Waals surface area contributed by atoms with Crippen LogP contribution in [0.5, 0.6) is 0 Å². The molecule has 28 heavy (non-hydrogen) atoms. The number of hydrogen-bond acceptors (Lipinski definition) is 6. The lowest BCUT2D eigenvalue weighted by Crippen LogP contribution is -2.46. The van der Waals surface area contributed by atoms with Crippen molar-refractivity contribution in [3.8, 4) is 11.4 Å². The standard InChI is InChI=1S/C22H24N4O2/c1-16-5-3-4-6-20(16)22-23-21(28-24-22)15-25-11-13-26(14-12-25)19-9-7-18(8-10-19)17(2)27/h3-10H,11-15H2,1-2H3. The lowest BCUT2D eigenvalue weighted by molar-refractivity contribution is 0.101. The van der Waals surface area contributed by atoms with Gasteiger partial charge in [0.15, 0.2) is 5.78 Å². The van der Waals surface area contributed by atoms with E-state index in [1.54, 1.807) is 6.92 Å². The zero-order valence-corrected chi connectivity index (χ0v) is 16.3. The summed E-state index contributed by atoms with van der Waals surface area (Å²) in [7, 11) is 0. The van der Waals surface area contributed by atoms with Crippen LogP contribution < -0.4 is 4.90 Å². The van der Waals surface area contributed by atoms with Crippen LogP contribution in [0.2, 0.25) is 0 Å². The maximum Gasteiger partial charge on any atom is 0.241 e. The van der Waals surface area contributed by atoms with Crippen LogP contribution in [-0.2, 0) is 6.54 Å². The zero-order valence-electron chi connectivity index (χ0n) is 16.3. The third-order valence-electron chi connectivity index (χ3n) is 5.22. The second-order valence-electron chi connectivity index (χ2n) is 7.19. The molecule has 0 amide bonds. The molecule has 1 aromatic heterocycles. The highest BCUT2D eigenvalue weighted by atomic mass is 16.5. The van der Waals surface area contributed by atoms with Crippen molar-refractivity contribution in [1.29, 1.82) is 0 Å². The monoisotopic (exact) mass is 376 g/mol. The maximum atomic E-state index is 11.4. The van der Waals surface area contributed by atoms with Crippen molar-refractivity contribution >= 4 is 11.5 Å². The van der Waals surface area contributed by atoms with Crippen LogP contribution in [0.25, 0.3) is 11.4 Å². The Hall–Kier alpha value is -2.99. The molecule has 6 nitrogen and oxygen atoms in total. The summed E-state index contributed by atoms with van der Waals surface area (Å²) in [6, 6.07) is 15.9. The highest BCUT2D eigenvalue weighted by Crippen LogP contribution is 2.21. The molecular formula is C22H24N4O2. The van der Waals surface area contributed by atoms with E-state index in [0.717, 1.165) is 48.6 Å². The first-order valence-electron chi connectivity index (χ1n) is 9.57. The number of aromatic nitrogens is 2. The molecule has 1 aliphatic heterocycles. The van der Waals surface area contributed by atoms with Crippen LogP contribution in [0, 0.1) is 6.92 Å². The van der Waals surface area contributed by atoms with E-state index < -0.39 is 0 Å². The molecule has 144 valence electrons. The van der Waals surface area contributed by atoms with Crippen molar-refractivity contribution in [2.24, 2.45) is 0 Å². The van der Waals surface area contributed by atoms with Gasteiger partial charge in [0.1, 0.15) is 0 Å². The van der Waals surface area contributed by atoms with Gasteiger partial charge in [0.05, 0.1) is 6.54 Å². The highest BCUT2D eigenvalue weighted by molar-refractivity contribution is 5.94. The lowest BCUT2D eigenvalue weighted by atomic mass is 10.1. The molecule has 0 bridgehead atoms. The van der Waals surface area contributed by atoms with E-state index in [2.05, 4.69) is 19.9 Å². The highest BCUT2D eigenvalue weighted by Gasteiger charge is 2.20. The zero-order chi connectivity index (χ0) is 19.5. The number of benzene rings is 2. The van der Waals surface area contributed by atoms with Crippen LogP contribution >= 0.6 is 0 Å². The van der Waals surface area contributed by atoms with Crippen molar-refractivity contribution in [1.82, 2.24) is 15.0 Å². The molecule has 6 heteroatoms. The molecule has 0 N–H and O–H groups in total. The fraction of sp³-hybridized carbons (Fsp3) is 0.318. The van der Waals surface area contributed by atoms with E-state index in [0.29, 0.717) is 18.3 Å². The minimum absolute atomic E-state index is 0.0981. The van der Waals surface area contributed by atoms with Crippen LogP contribution in [0.4, 0.5) is 5.69 Å². The molecule has 2 aromatic carbocycles. The van der Waals surface area contributed by atoms with E-state index in [9.17, 15) is 4.79 Å². The Bertz CT molecular complexity index is 957. The smallest absolute Gasteiger partial charge is 0.241 e. The molecular weight excluding hydrogens is 352 g/mol. The Balaban J connectivity index is 1.35. The Kier molecular flexibility index (Phi) is 5.21. The molecule has 4 rings (SSSR count). The summed E-state index contributed by atoms with van der Waals surface area (Å²) in [5.74, 6) is 1.40. The van der Waals surface area contributed by atoms with Gasteiger partial charge in [0.25, 0.3) is 0 Å². The SMILES string of the molecule is CC(=O)c1ccc(N2CCN(Cc3nc(-c4ccccc4C)no3)CC2)cc1. The van der Waals surface area contributed by atoms with Crippen LogP contribution in [0.15, 0.2) is 53.1 Å². The predicted molar refractivity (Wildman–Crippen MR) is 108 cm³/mol. The topological polar surface area (TPSA) is 62.5 Å². The molecule has 1 aliphatic rings. The van der Waals surface area contributed by atoms with Gasteiger partial charge < -0.3 is 9.42 Å². The number of piperazine rings is 1. The summed E-state index contributed by atoms with van der Waals surface area (Å²) < 4.78 is 5.48.